The van der Waals surface area contributed by atoms with Crippen LogP contribution >= 0.6 is 0 Å². The van der Waals surface area contributed by atoms with Crippen LogP contribution in [0.4, 0.5) is 10.1 Å². The normalized spacial score (nSPS) is 21.1. The summed E-state index contributed by atoms with van der Waals surface area (Å²) >= 11 is 0. The summed E-state index contributed by atoms with van der Waals surface area (Å²) in [5.41, 5.74) is 1.11. The van der Waals surface area contributed by atoms with Crippen molar-refractivity contribution in [2.75, 3.05) is 11.5 Å². The summed E-state index contributed by atoms with van der Waals surface area (Å²) in [6, 6.07) is 11.1. The van der Waals surface area contributed by atoms with Gasteiger partial charge in [0.25, 0.3) is 11.8 Å². The van der Waals surface area contributed by atoms with Crippen LogP contribution in [0, 0.1) is 5.82 Å². The molecule has 0 spiro atoms. The number of fused-ring (bicyclic) bond motifs is 1. The molecule has 8 heteroatoms. The Bertz CT molecular complexity index is 915. The number of ether oxygens (including phenoxy) is 1. The number of hydrogen-bond acceptors (Lipinski definition) is 6. The smallest absolute Gasteiger partial charge is 0.263 e. The zero-order chi connectivity index (χ0) is 19.0. The molecule has 2 atom stereocenters. The van der Waals surface area contributed by atoms with Gasteiger partial charge in [-0.05, 0) is 48.9 Å². The summed E-state index contributed by atoms with van der Waals surface area (Å²) in [6.07, 6.45) is 0. The number of imide groups is 1. The van der Waals surface area contributed by atoms with Crippen molar-refractivity contribution in [1.29, 1.82) is 0 Å². The number of carbonyl (C=O) groups excluding carboxylic acids is 2. The second-order valence-corrected chi connectivity index (χ2v) is 6.26. The van der Waals surface area contributed by atoms with E-state index in [2.05, 4.69) is 10.3 Å². The van der Waals surface area contributed by atoms with Crippen LogP contribution in [0.1, 0.15) is 12.5 Å². The van der Waals surface area contributed by atoms with Crippen molar-refractivity contribution in [3.05, 3.63) is 59.9 Å². The van der Waals surface area contributed by atoms with Crippen LogP contribution in [0.5, 0.6) is 5.75 Å². The number of carbonyl (C=O) groups is 2. The summed E-state index contributed by atoms with van der Waals surface area (Å²) in [6.45, 7) is 2.60. The lowest BCUT2D eigenvalue weighted by atomic mass is 10.1. The lowest BCUT2D eigenvalue weighted by molar-refractivity contribution is -0.123. The highest BCUT2D eigenvalue weighted by atomic mass is 19.1. The van der Waals surface area contributed by atoms with Crippen LogP contribution < -0.4 is 9.64 Å². The molecule has 2 heterocycles. The molecule has 2 amide bonds. The lowest BCUT2D eigenvalue weighted by Crippen LogP contribution is -2.39. The van der Waals surface area contributed by atoms with Gasteiger partial charge in [-0.2, -0.15) is 5.11 Å². The Labute approximate surface area is 155 Å². The zero-order valence-corrected chi connectivity index (χ0v) is 14.6. The van der Waals surface area contributed by atoms with Gasteiger partial charge in [0, 0.05) is 0 Å². The number of amides is 2. The number of anilines is 1. The van der Waals surface area contributed by atoms with Gasteiger partial charge in [-0.3, -0.25) is 14.6 Å². The third-order valence-corrected chi connectivity index (χ3v) is 4.50. The quantitative estimate of drug-likeness (QED) is 0.761. The number of hydrogen-bond donors (Lipinski definition) is 0. The molecule has 27 heavy (non-hydrogen) atoms. The molecule has 0 N–H and O–H groups in total. The van der Waals surface area contributed by atoms with Crippen molar-refractivity contribution in [3.8, 4) is 5.75 Å². The van der Waals surface area contributed by atoms with Gasteiger partial charge in [0.05, 0.1) is 18.8 Å². The average molecular weight is 368 g/mol. The number of halogens is 1. The van der Waals surface area contributed by atoms with Gasteiger partial charge in [-0.25, -0.2) is 9.29 Å². The van der Waals surface area contributed by atoms with Gasteiger partial charge >= 0.3 is 0 Å². The summed E-state index contributed by atoms with van der Waals surface area (Å²) in [7, 11) is 0. The van der Waals surface area contributed by atoms with Crippen molar-refractivity contribution in [1.82, 2.24) is 5.01 Å². The second-order valence-electron chi connectivity index (χ2n) is 6.26. The fraction of sp³-hybridized carbons (Fsp3) is 0.263. The van der Waals surface area contributed by atoms with Gasteiger partial charge in [0.15, 0.2) is 12.1 Å². The van der Waals surface area contributed by atoms with E-state index in [1.165, 1.54) is 17.1 Å². The first-order chi connectivity index (χ1) is 13.1. The molecule has 1 fully saturated rings. The van der Waals surface area contributed by atoms with Crippen LogP contribution in [0.15, 0.2) is 58.9 Å². The SMILES string of the molecule is CCOc1ccc(N2C(=O)[C@H]3N=NN(Cc4cccc(F)c4)[C@@H]3C2=O)cc1. The van der Waals surface area contributed by atoms with E-state index in [4.69, 9.17) is 4.74 Å². The monoisotopic (exact) mass is 368 g/mol. The van der Waals surface area contributed by atoms with Gasteiger partial charge in [0.1, 0.15) is 11.6 Å². The molecular formula is C19H17FN4O3. The number of benzene rings is 2. The van der Waals surface area contributed by atoms with E-state index < -0.39 is 23.9 Å². The summed E-state index contributed by atoms with van der Waals surface area (Å²) in [4.78, 5) is 26.7. The maximum Gasteiger partial charge on any atom is 0.263 e. The third-order valence-electron chi connectivity index (χ3n) is 4.50. The lowest BCUT2D eigenvalue weighted by Gasteiger charge is -2.20. The number of rotatable bonds is 5. The summed E-state index contributed by atoms with van der Waals surface area (Å²) in [5, 5.41) is 9.37. The fourth-order valence-corrected chi connectivity index (χ4v) is 3.29. The minimum atomic E-state index is -0.877. The molecule has 2 aliphatic heterocycles. The Hall–Kier alpha value is -3.29. The Balaban J connectivity index is 1.56. The van der Waals surface area contributed by atoms with E-state index in [1.54, 1.807) is 36.4 Å². The largest absolute Gasteiger partial charge is 0.494 e. The Kier molecular flexibility index (Phi) is 4.31. The molecule has 0 aromatic heterocycles. The first-order valence-electron chi connectivity index (χ1n) is 8.61. The van der Waals surface area contributed by atoms with E-state index >= 15 is 0 Å². The molecular weight excluding hydrogens is 351 g/mol. The maximum absolute atomic E-state index is 13.4. The van der Waals surface area contributed by atoms with E-state index in [0.717, 1.165) is 4.90 Å². The molecule has 0 aliphatic carbocycles. The average Bonchev–Trinajstić information content (AvgIpc) is 3.17. The van der Waals surface area contributed by atoms with E-state index in [9.17, 15) is 14.0 Å². The highest BCUT2D eigenvalue weighted by molar-refractivity contribution is 6.25. The molecule has 0 radical (unpaired) electrons. The highest BCUT2D eigenvalue weighted by Crippen LogP contribution is 2.33. The van der Waals surface area contributed by atoms with Gasteiger partial charge in [-0.15, -0.1) is 0 Å². The third kappa shape index (κ3) is 3.03. The Morgan fingerprint density at radius 2 is 1.89 bits per heavy atom. The van der Waals surface area contributed by atoms with Crippen molar-refractivity contribution in [2.24, 2.45) is 10.3 Å². The Morgan fingerprint density at radius 1 is 1.11 bits per heavy atom. The van der Waals surface area contributed by atoms with Crippen molar-refractivity contribution in [3.63, 3.8) is 0 Å². The molecule has 2 aliphatic rings. The highest BCUT2D eigenvalue weighted by Gasteiger charge is 2.54. The van der Waals surface area contributed by atoms with Gasteiger partial charge < -0.3 is 4.74 Å². The maximum atomic E-state index is 13.4. The second kappa shape index (κ2) is 6.79. The summed E-state index contributed by atoms with van der Waals surface area (Å²) < 4.78 is 18.8. The van der Waals surface area contributed by atoms with Crippen LogP contribution in [0.2, 0.25) is 0 Å². The van der Waals surface area contributed by atoms with Crippen molar-refractivity contribution >= 4 is 17.5 Å². The van der Waals surface area contributed by atoms with E-state index in [-0.39, 0.29) is 12.4 Å². The fourth-order valence-electron chi connectivity index (χ4n) is 3.29. The molecule has 2 aromatic carbocycles. The predicted molar refractivity (Wildman–Crippen MR) is 94.5 cm³/mol. The van der Waals surface area contributed by atoms with Crippen molar-refractivity contribution < 1.29 is 18.7 Å². The van der Waals surface area contributed by atoms with Crippen LogP contribution in [0.3, 0.4) is 0 Å². The number of nitrogens with zero attached hydrogens (tertiary/aromatic N) is 4. The van der Waals surface area contributed by atoms with Crippen LogP contribution in [0.25, 0.3) is 0 Å². The topological polar surface area (TPSA) is 74.6 Å². The molecule has 138 valence electrons. The zero-order valence-electron chi connectivity index (χ0n) is 14.6. The minimum absolute atomic E-state index is 0.193. The predicted octanol–water partition coefficient (Wildman–Crippen LogP) is 2.72. The summed E-state index contributed by atoms with van der Waals surface area (Å²) in [5.74, 6) is -0.520. The molecule has 7 nitrogen and oxygen atoms in total. The molecule has 0 saturated carbocycles. The van der Waals surface area contributed by atoms with Crippen LogP contribution in [-0.2, 0) is 16.1 Å². The molecule has 4 rings (SSSR count). The van der Waals surface area contributed by atoms with Gasteiger partial charge in [-0.1, -0.05) is 17.4 Å². The van der Waals surface area contributed by atoms with Crippen LogP contribution in [-0.4, -0.2) is 35.5 Å². The molecule has 0 bridgehead atoms. The van der Waals surface area contributed by atoms with Crippen molar-refractivity contribution in [2.45, 2.75) is 25.6 Å². The van der Waals surface area contributed by atoms with Gasteiger partial charge in [0.2, 0.25) is 0 Å². The van der Waals surface area contributed by atoms with E-state index in [0.29, 0.717) is 23.6 Å². The minimum Gasteiger partial charge on any atom is -0.494 e. The van der Waals surface area contributed by atoms with E-state index in [1.807, 2.05) is 6.92 Å². The first kappa shape index (κ1) is 17.1. The molecule has 1 saturated heterocycles. The standard InChI is InChI=1S/C19H17FN4O3/c1-2-27-15-8-6-14(7-9-15)24-18(25)16-17(19(24)26)23(22-21-16)11-12-4-3-5-13(20)10-12/h3-10,16-17H,2,11H2,1H3/t16-,17-/m0/s1. The Morgan fingerprint density at radius 3 is 2.59 bits per heavy atom. The first-order valence-corrected chi connectivity index (χ1v) is 8.61. The molecule has 0 unspecified atom stereocenters. The molecule has 2 aromatic rings.